The number of anilines is 1. The number of benzene rings is 1. The zero-order valence-electron chi connectivity index (χ0n) is 14.9. The summed E-state index contributed by atoms with van der Waals surface area (Å²) in [7, 11) is 4.24. The second kappa shape index (κ2) is 6.43. The third-order valence-corrected chi connectivity index (χ3v) is 4.98. The zero-order chi connectivity index (χ0) is 17.4. The fourth-order valence-electron chi connectivity index (χ4n) is 3.54. The molecule has 1 fully saturated rings. The molecule has 1 aliphatic heterocycles. The minimum absolute atomic E-state index is 0.193. The highest BCUT2D eigenvalue weighted by Crippen LogP contribution is 2.30. The minimum atomic E-state index is -0.895. The van der Waals surface area contributed by atoms with Crippen LogP contribution in [0.5, 0.6) is 0 Å². The standard InChI is InChI=1S/C18H26N4O2/c1-12(2)22-17-10-14(9-15(18(23)24)16(17)11-19-22)21-7-5-13(6-8-21)20(3)4/h9-13H,5-8H2,1-4H3,(H,23,24). The molecule has 130 valence electrons. The Kier molecular flexibility index (Phi) is 4.49. The summed E-state index contributed by atoms with van der Waals surface area (Å²) in [5.74, 6) is -0.895. The molecule has 6 heteroatoms. The maximum atomic E-state index is 11.7. The maximum absolute atomic E-state index is 11.7. The van der Waals surface area contributed by atoms with Crippen LogP contribution < -0.4 is 4.90 Å². The van der Waals surface area contributed by atoms with Gasteiger partial charge in [-0.3, -0.25) is 4.68 Å². The Bertz CT molecular complexity index is 743. The average Bonchev–Trinajstić information content (AvgIpc) is 2.97. The number of aromatic carboxylic acids is 1. The van der Waals surface area contributed by atoms with Crippen LogP contribution in [0.25, 0.3) is 10.9 Å². The van der Waals surface area contributed by atoms with Crippen LogP contribution in [0.1, 0.15) is 43.1 Å². The average molecular weight is 330 g/mol. The number of piperidine rings is 1. The van der Waals surface area contributed by atoms with Crippen molar-refractivity contribution >= 4 is 22.6 Å². The summed E-state index contributed by atoms with van der Waals surface area (Å²) in [5.41, 5.74) is 2.22. The fourth-order valence-corrected chi connectivity index (χ4v) is 3.54. The quantitative estimate of drug-likeness (QED) is 0.934. The van der Waals surface area contributed by atoms with Crippen molar-refractivity contribution in [1.29, 1.82) is 0 Å². The van der Waals surface area contributed by atoms with E-state index in [2.05, 4.69) is 48.9 Å². The lowest BCUT2D eigenvalue weighted by Crippen LogP contribution is -2.42. The molecule has 2 heterocycles. The second-order valence-electron chi connectivity index (χ2n) is 7.10. The number of hydrogen-bond acceptors (Lipinski definition) is 4. The van der Waals surface area contributed by atoms with Gasteiger partial charge < -0.3 is 14.9 Å². The molecule has 3 rings (SSSR count). The molecular formula is C18H26N4O2. The monoisotopic (exact) mass is 330 g/mol. The molecule has 6 nitrogen and oxygen atoms in total. The van der Waals surface area contributed by atoms with E-state index in [1.54, 1.807) is 12.3 Å². The van der Waals surface area contributed by atoms with Crippen LogP contribution in [0.2, 0.25) is 0 Å². The fraction of sp³-hybridized carbons (Fsp3) is 0.556. The van der Waals surface area contributed by atoms with Crippen LogP contribution in [0.15, 0.2) is 18.3 Å². The van der Waals surface area contributed by atoms with Gasteiger partial charge in [-0.05, 0) is 52.9 Å². The summed E-state index contributed by atoms with van der Waals surface area (Å²) in [4.78, 5) is 16.3. The second-order valence-corrected chi connectivity index (χ2v) is 7.10. The molecule has 1 N–H and O–H groups in total. The lowest BCUT2D eigenvalue weighted by molar-refractivity contribution is 0.0699. The first-order valence-corrected chi connectivity index (χ1v) is 8.54. The predicted octanol–water partition coefficient (Wildman–Crippen LogP) is 2.85. The largest absolute Gasteiger partial charge is 0.478 e. The Morgan fingerprint density at radius 3 is 2.50 bits per heavy atom. The highest BCUT2D eigenvalue weighted by atomic mass is 16.4. The first-order chi connectivity index (χ1) is 11.4. The molecule has 0 saturated carbocycles. The van der Waals surface area contributed by atoms with Gasteiger partial charge in [0.1, 0.15) is 0 Å². The first-order valence-electron chi connectivity index (χ1n) is 8.54. The lowest BCUT2D eigenvalue weighted by atomic mass is 10.0. The molecule has 0 unspecified atom stereocenters. The number of nitrogens with zero attached hydrogens (tertiary/aromatic N) is 4. The molecule has 0 amide bonds. The van der Waals surface area contributed by atoms with Crippen molar-refractivity contribution in [3.63, 3.8) is 0 Å². The summed E-state index contributed by atoms with van der Waals surface area (Å²) < 4.78 is 1.90. The van der Waals surface area contributed by atoms with Crippen molar-refractivity contribution in [2.75, 3.05) is 32.1 Å². The van der Waals surface area contributed by atoms with Crippen molar-refractivity contribution in [3.05, 3.63) is 23.9 Å². The van der Waals surface area contributed by atoms with Gasteiger partial charge in [-0.1, -0.05) is 0 Å². The van der Waals surface area contributed by atoms with Gasteiger partial charge in [0.2, 0.25) is 0 Å². The molecule has 1 aromatic carbocycles. The molecule has 1 aromatic heterocycles. The number of rotatable bonds is 4. The minimum Gasteiger partial charge on any atom is -0.478 e. The summed E-state index contributed by atoms with van der Waals surface area (Å²) in [6.07, 6.45) is 3.86. The van der Waals surface area contributed by atoms with Crippen molar-refractivity contribution in [2.24, 2.45) is 0 Å². The predicted molar refractivity (Wildman–Crippen MR) is 96.0 cm³/mol. The van der Waals surface area contributed by atoms with Gasteiger partial charge in [0.25, 0.3) is 0 Å². The Hall–Kier alpha value is -2.08. The molecule has 0 radical (unpaired) electrons. The molecule has 24 heavy (non-hydrogen) atoms. The van der Waals surface area contributed by atoms with Crippen molar-refractivity contribution in [1.82, 2.24) is 14.7 Å². The van der Waals surface area contributed by atoms with E-state index in [1.807, 2.05) is 4.68 Å². The molecule has 0 bridgehead atoms. The highest BCUT2D eigenvalue weighted by molar-refractivity contribution is 6.04. The van der Waals surface area contributed by atoms with Crippen LogP contribution in [0, 0.1) is 0 Å². The van der Waals surface area contributed by atoms with E-state index in [0.29, 0.717) is 17.0 Å². The molecule has 2 aromatic rings. The Morgan fingerprint density at radius 2 is 1.96 bits per heavy atom. The maximum Gasteiger partial charge on any atom is 0.336 e. The summed E-state index contributed by atoms with van der Waals surface area (Å²) in [6, 6.07) is 4.68. The van der Waals surface area contributed by atoms with E-state index < -0.39 is 5.97 Å². The van der Waals surface area contributed by atoms with Crippen LogP contribution in [0.3, 0.4) is 0 Å². The number of fused-ring (bicyclic) bond motifs is 1. The Morgan fingerprint density at radius 1 is 1.29 bits per heavy atom. The number of aromatic nitrogens is 2. The number of hydrogen-bond donors (Lipinski definition) is 1. The first kappa shape index (κ1) is 16.8. The van der Waals surface area contributed by atoms with Gasteiger partial charge >= 0.3 is 5.97 Å². The lowest BCUT2D eigenvalue weighted by Gasteiger charge is -2.36. The van der Waals surface area contributed by atoms with Crippen LogP contribution in [-0.4, -0.2) is 59.0 Å². The molecular weight excluding hydrogens is 304 g/mol. The number of carboxylic acids is 1. The van der Waals surface area contributed by atoms with Crippen molar-refractivity contribution < 1.29 is 9.90 Å². The summed E-state index contributed by atoms with van der Waals surface area (Å²) in [5, 5.41) is 14.7. The number of carboxylic acid groups (broad SMARTS) is 1. The van der Waals surface area contributed by atoms with E-state index in [4.69, 9.17) is 0 Å². The van der Waals surface area contributed by atoms with Gasteiger partial charge in [-0.15, -0.1) is 0 Å². The van der Waals surface area contributed by atoms with E-state index in [0.717, 1.165) is 37.1 Å². The van der Waals surface area contributed by atoms with E-state index >= 15 is 0 Å². The Labute approximate surface area is 142 Å². The van der Waals surface area contributed by atoms with E-state index in [-0.39, 0.29) is 6.04 Å². The van der Waals surface area contributed by atoms with E-state index in [1.165, 1.54) is 0 Å². The molecule has 1 saturated heterocycles. The topological polar surface area (TPSA) is 61.6 Å². The zero-order valence-corrected chi connectivity index (χ0v) is 14.9. The molecule has 0 atom stereocenters. The van der Waals surface area contributed by atoms with Gasteiger partial charge in [0.05, 0.1) is 17.3 Å². The highest BCUT2D eigenvalue weighted by Gasteiger charge is 2.23. The summed E-state index contributed by atoms with van der Waals surface area (Å²) >= 11 is 0. The van der Waals surface area contributed by atoms with Gasteiger partial charge in [-0.25, -0.2) is 4.79 Å². The Balaban J connectivity index is 1.99. The number of carbonyl (C=O) groups is 1. The van der Waals surface area contributed by atoms with Gasteiger partial charge in [-0.2, -0.15) is 5.10 Å². The smallest absolute Gasteiger partial charge is 0.336 e. The van der Waals surface area contributed by atoms with Crippen LogP contribution in [0.4, 0.5) is 5.69 Å². The van der Waals surface area contributed by atoms with E-state index in [9.17, 15) is 9.90 Å². The van der Waals surface area contributed by atoms with Crippen molar-refractivity contribution in [2.45, 2.75) is 38.8 Å². The van der Waals surface area contributed by atoms with Crippen LogP contribution >= 0.6 is 0 Å². The SMILES string of the molecule is CC(C)n1ncc2c(C(=O)O)cc(N3CCC(N(C)C)CC3)cc21. The third kappa shape index (κ3) is 2.98. The van der Waals surface area contributed by atoms with Gasteiger partial charge in [0.15, 0.2) is 0 Å². The molecule has 1 aliphatic rings. The third-order valence-electron chi connectivity index (χ3n) is 4.98. The van der Waals surface area contributed by atoms with Crippen LogP contribution in [-0.2, 0) is 0 Å². The normalized spacial score (nSPS) is 16.5. The molecule has 0 spiro atoms. The van der Waals surface area contributed by atoms with Crippen molar-refractivity contribution in [3.8, 4) is 0 Å². The molecule has 0 aliphatic carbocycles. The van der Waals surface area contributed by atoms with Gasteiger partial charge in [0, 0.05) is 36.2 Å². The summed E-state index contributed by atoms with van der Waals surface area (Å²) in [6.45, 7) is 6.01.